The van der Waals surface area contributed by atoms with Crippen LogP contribution >= 0.6 is 0 Å². The van der Waals surface area contributed by atoms with Gasteiger partial charge in [0.05, 0.1) is 7.11 Å². The zero-order valence-corrected chi connectivity index (χ0v) is 14.2. The first-order valence-corrected chi connectivity index (χ1v) is 7.86. The summed E-state index contributed by atoms with van der Waals surface area (Å²) in [6.45, 7) is 11.0. The predicted octanol–water partition coefficient (Wildman–Crippen LogP) is 4.54. The zero-order chi connectivity index (χ0) is 15.8. The molecule has 0 aromatic heterocycles. The lowest BCUT2D eigenvalue weighted by molar-refractivity contribution is -0.0341. The van der Waals surface area contributed by atoms with Crippen molar-refractivity contribution in [3.8, 4) is 0 Å². The van der Waals surface area contributed by atoms with Crippen molar-refractivity contribution >= 4 is 0 Å². The highest BCUT2D eigenvalue weighted by molar-refractivity contribution is 5.37. The van der Waals surface area contributed by atoms with Gasteiger partial charge in [-0.2, -0.15) is 0 Å². The van der Waals surface area contributed by atoms with Gasteiger partial charge in [-0.05, 0) is 65.2 Å². The van der Waals surface area contributed by atoms with Gasteiger partial charge >= 0.3 is 0 Å². The van der Waals surface area contributed by atoms with E-state index < -0.39 is 0 Å². The van der Waals surface area contributed by atoms with Crippen molar-refractivity contribution in [1.29, 1.82) is 0 Å². The molecule has 21 heavy (non-hydrogen) atoms. The minimum atomic E-state index is -0.0301. The lowest BCUT2D eigenvalue weighted by Crippen LogP contribution is -2.58. The molecule has 0 amide bonds. The van der Waals surface area contributed by atoms with Gasteiger partial charge in [-0.1, -0.05) is 6.92 Å². The van der Waals surface area contributed by atoms with Crippen LogP contribution in [0.25, 0.3) is 0 Å². The Labute approximate surface area is 129 Å². The molecule has 1 heterocycles. The molecule has 118 valence electrons. The number of ether oxygens (including phenoxy) is 1. The third kappa shape index (κ3) is 2.97. The SMILES string of the molecule is COC1=CC(C)/C(=C(\O)N2C(C)(C)CCCC2(C)C)C=C1. The van der Waals surface area contributed by atoms with Crippen LogP contribution in [0, 0.1) is 5.92 Å². The minimum Gasteiger partial charge on any atom is -0.497 e. The van der Waals surface area contributed by atoms with Crippen molar-refractivity contribution in [3.63, 3.8) is 0 Å². The number of nitrogens with zero attached hydrogens (tertiary/aromatic N) is 1. The average Bonchev–Trinajstić information content (AvgIpc) is 2.35. The van der Waals surface area contributed by atoms with E-state index in [1.807, 2.05) is 12.2 Å². The third-order valence-electron chi connectivity index (χ3n) is 4.83. The fourth-order valence-electron chi connectivity index (χ4n) is 3.83. The number of rotatable bonds is 2. The first kappa shape index (κ1) is 16.0. The van der Waals surface area contributed by atoms with Gasteiger partial charge in [-0.15, -0.1) is 0 Å². The monoisotopic (exact) mass is 291 g/mol. The summed E-state index contributed by atoms with van der Waals surface area (Å²) < 4.78 is 5.27. The van der Waals surface area contributed by atoms with Crippen LogP contribution in [0.4, 0.5) is 0 Å². The van der Waals surface area contributed by atoms with E-state index in [0.717, 1.165) is 24.2 Å². The van der Waals surface area contributed by atoms with Crippen LogP contribution in [0.3, 0.4) is 0 Å². The molecule has 1 atom stereocenters. The van der Waals surface area contributed by atoms with E-state index in [9.17, 15) is 5.11 Å². The maximum atomic E-state index is 11.0. The highest BCUT2D eigenvalue weighted by Crippen LogP contribution is 2.42. The molecule has 0 radical (unpaired) electrons. The number of likely N-dealkylation sites (tertiary alicyclic amines) is 1. The lowest BCUT2D eigenvalue weighted by atomic mass is 9.79. The van der Waals surface area contributed by atoms with Crippen molar-refractivity contribution in [2.45, 2.75) is 65.0 Å². The molecule has 2 aliphatic rings. The van der Waals surface area contributed by atoms with E-state index in [1.165, 1.54) is 6.42 Å². The van der Waals surface area contributed by atoms with E-state index in [4.69, 9.17) is 4.74 Å². The third-order valence-corrected chi connectivity index (χ3v) is 4.83. The molecule has 1 aliphatic carbocycles. The van der Waals surface area contributed by atoms with Crippen LogP contribution in [0.1, 0.15) is 53.9 Å². The number of aliphatic hydroxyl groups is 1. The summed E-state index contributed by atoms with van der Waals surface area (Å²) in [5.41, 5.74) is 0.911. The number of methoxy groups -OCH3 is 1. The van der Waals surface area contributed by atoms with Crippen molar-refractivity contribution < 1.29 is 9.84 Å². The predicted molar refractivity (Wildman–Crippen MR) is 86.9 cm³/mol. The summed E-state index contributed by atoms with van der Waals surface area (Å²) in [5.74, 6) is 1.43. The Balaban J connectivity index is 2.42. The van der Waals surface area contributed by atoms with Crippen molar-refractivity contribution in [1.82, 2.24) is 4.90 Å². The van der Waals surface area contributed by atoms with Crippen molar-refractivity contribution in [3.05, 3.63) is 35.4 Å². The zero-order valence-electron chi connectivity index (χ0n) is 14.2. The van der Waals surface area contributed by atoms with Gasteiger partial charge in [0, 0.05) is 22.6 Å². The van der Waals surface area contributed by atoms with E-state index in [0.29, 0.717) is 5.88 Å². The highest BCUT2D eigenvalue weighted by Gasteiger charge is 2.43. The van der Waals surface area contributed by atoms with E-state index in [-0.39, 0.29) is 17.0 Å². The molecule has 1 fully saturated rings. The Hall–Kier alpha value is -1.38. The molecule has 0 saturated carbocycles. The van der Waals surface area contributed by atoms with Gasteiger partial charge in [0.1, 0.15) is 5.76 Å². The van der Waals surface area contributed by atoms with Gasteiger partial charge < -0.3 is 14.7 Å². The molecule has 3 heteroatoms. The van der Waals surface area contributed by atoms with Gasteiger partial charge in [0.25, 0.3) is 0 Å². The lowest BCUT2D eigenvalue weighted by Gasteiger charge is -2.54. The maximum absolute atomic E-state index is 11.0. The standard InChI is InChI=1S/C18H29NO2/c1-13-12-14(21-6)8-9-15(13)16(20)19-17(2,3)10-7-11-18(19,4)5/h8-9,12-13,20H,7,10-11H2,1-6H3/b16-15-. The summed E-state index contributed by atoms with van der Waals surface area (Å²) in [7, 11) is 1.67. The van der Waals surface area contributed by atoms with Crippen LogP contribution < -0.4 is 0 Å². The van der Waals surface area contributed by atoms with Crippen molar-refractivity contribution in [2.24, 2.45) is 5.92 Å². The second-order valence-electron chi connectivity index (χ2n) is 7.49. The van der Waals surface area contributed by atoms with Crippen molar-refractivity contribution in [2.75, 3.05) is 7.11 Å². The first-order valence-electron chi connectivity index (χ1n) is 7.86. The Bertz CT molecular complexity index is 481. The second kappa shape index (κ2) is 5.43. The van der Waals surface area contributed by atoms with Crippen LogP contribution in [0.15, 0.2) is 35.4 Å². The topological polar surface area (TPSA) is 32.7 Å². The fourth-order valence-corrected chi connectivity index (χ4v) is 3.83. The smallest absolute Gasteiger partial charge is 0.191 e. The van der Waals surface area contributed by atoms with Crippen LogP contribution in [-0.2, 0) is 4.74 Å². The Morgan fingerprint density at radius 2 is 1.76 bits per heavy atom. The molecule has 1 unspecified atom stereocenters. The van der Waals surface area contributed by atoms with Gasteiger partial charge in [-0.25, -0.2) is 0 Å². The summed E-state index contributed by atoms with van der Waals surface area (Å²) in [6, 6.07) is 0. The number of allylic oxidation sites excluding steroid dienone is 4. The van der Waals surface area contributed by atoms with E-state index >= 15 is 0 Å². The minimum absolute atomic E-state index is 0.0301. The molecule has 1 aliphatic heterocycles. The van der Waals surface area contributed by atoms with Crippen LogP contribution in [0.2, 0.25) is 0 Å². The summed E-state index contributed by atoms with van der Waals surface area (Å²) >= 11 is 0. The fraction of sp³-hybridized carbons (Fsp3) is 0.667. The molecule has 0 spiro atoms. The Morgan fingerprint density at radius 1 is 1.19 bits per heavy atom. The summed E-state index contributed by atoms with van der Waals surface area (Å²) in [4.78, 5) is 2.21. The summed E-state index contributed by atoms with van der Waals surface area (Å²) in [5, 5.41) is 11.0. The molecular formula is C18H29NO2. The van der Waals surface area contributed by atoms with Crippen LogP contribution in [-0.4, -0.2) is 28.2 Å². The molecule has 0 aromatic rings. The Morgan fingerprint density at radius 3 is 2.24 bits per heavy atom. The molecular weight excluding hydrogens is 262 g/mol. The van der Waals surface area contributed by atoms with E-state index in [1.54, 1.807) is 7.11 Å². The van der Waals surface area contributed by atoms with Gasteiger partial charge in [0.15, 0.2) is 5.88 Å². The van der Waals surface area contributed by atoms with E-state index in [2.05, 4.69) is 45.6 Å². The molecule has 3 nitrogen and oxygen atoms in total. The highest BCUT2D eigenvalue weighted by atomic mass is 16.5. The molecule has 0 bridgehead atoms. The number of aliphatic hydroxyl groups excluding tert-OH is 1. The summed E-state index contributed by atoms with van der Waals surface area (Å²) in [6.07, 6.45) is 9.37. The number of hydrogen-bond donors (Lipinski definition) is 1. The number of piperidine rings is 1. The average molecular weight is 291 g/mol. The Kier molecular flexibility index (Phi) is 4.14. The largest absolute Gasteiger partial charge is 0.497 e. The quantitative estimate of drug-likeness (QED) is 0.758. The maximum Gasteiger partial charge on any atom is 0.191 e. The molecule has 1 N–H and O–H groups in total. The first-order chi connectivity index (χ1) is 9.69. The molecule has 0 aromatic carbocycles. The molecule has 2 rings (SSSR count). The normalized spacial score (nSPS) is 29.9. The second-order valence-corrected chi connectivity index (χ2v) is 7.49. The van der Waals surface area contributed by atoms with Gasteiger partial charge in [0.2, 0.25) is 0 Å². The molecule has 1 saturated heterocycles. The van der Waals surface area contributed by atoms with Gasteiger partial charge in [-0.3, -0.25) is 0 Å². The van der Waals surface area contributed by atoms with Crippen LogP contribution in [0.5, 0.6) is 0 Å². The number of hydrogen-bond acceptors (Lipinski definition) is 3.